The number of pyridine rings is 1. The smallest absolute Gasteiger partial charge is 0.216 e. The van der Waals surface area contributed by atoms with E-state index in [1.165, 1.54) is 13.2 Å². The molecule has 1 unspecified atom stereocenters. The second-order valence-electron chi connectivity index (χ2n) is 10.4. The number of sulfone groups is 1. The largest absolute Gasteiger partial charge is 0.380 e. The van der Waals surface area contributed by atoms with Crippen molar-refractivity contribution in [2.24, 2.45) is 0 Å². The van der Waals surface area contributed by atoms with Crippen molar-refractivity contribution in [2.45, 2.75) is 63.0 Å². The summed E-state index contributed by atoms with van der Waals surface area (Å²) in [7, 11) is -3.32. The van der Waals surface area contributed by atoms with Crippen molar-refractivity contribution >= 4 is 32.3 Å². The van der Waals surface area contributed by atoms with Gasteiger partial charge in [0, 0.05) is 44.4 Å². The minimum absolute atomic E-state index is 0.0731. The first kappa shape index (κ1) is 27.5. The van der Waals surface area contributed by atoms with Crippen molar-refractivity contribution in [1.29, 1.82) is 0 Å². The zero-order valence-corrected chi connectivity index (χ0v) is 23.6. The lowest BCUT2D eigenvalue weighted by Gasteiger charge is -2.24. The van der Waals surface area contributed by atoms with E-state index in [1.54, 1.807) is 6.07 Å². The second-order valence-corrected chi connectivity index (χ2v) is 12.4. The highest BCUT2D eigenvalue weighted by Gasteiger charge is 2.34. The lowest BCUT2D eigenvalue weighted by atomic mass is 10.0. The molecule has 1 aliphatic heterocycles. The van der Waals surface area contributed by atoms with Gasteiger partial charge in [0.05, 0.1) is 52.3 Å². The van der Waals surface area contributed by atoms with Crippen LogP contribution in [0, 0.1) is 6.92 Å². The number of ether oxygens (including phenoxy) is 2. The van der Waals surface area contributed by atoms with Crippen molar-refractivity contribution in [2.75, 3.05) is 44.5 Å². The molecule has 1 saturated carbocycles. The molecule has 11 heteroatoms. The molecular formula is C28H37N5O5S. The van der Waals surface area contributed by atoms with Gasteiger partial charge in [0.25, 0.3) is 0 Å². The lowest BCUT2D eigenvalue weighted by molar-refractivity contribution is -0.119. The zero-order chi connectivity index (χ0) is 27.6. The summed E-state index contributed by atoms with van der Waals surface area (Å²) >= 11 is 0. The average Bonchev–Trinajstić information content (AvgIpc) is 3.67. The van der Waals surface area contributed by atoms with Gasteiger partial charge in [-0.3, -0.25) is 9.78 Å². The summed E-state index contributed by atoms with van der Waals surface area (Å²) in [4.78, 5) is 16.3. The van der Waals surface area contributed by atoms with Crippen LogP contribution in [0.5, 0.6) is 0 Å². The first-order valence-electron chi connectivity index (χ1n) is 13.6. The minimum atomic E-state index is -3.32. The highest BCUT2D eigenvalue weighted by atomic mass is 32.2. The van der Waals surface area contributed by atoms with Gasteiger partial charge in [-0.05, 0) is 56.7 Å². The summed E-state index contributed by atoms with van der Waals surface area (Å²) in [6.07, 6.45) is 8.11. The highest BCUT2D eigenvalue weighted by Crippen LogP contribution is 2.47. The number of amides is 1. The van der Waals surface area contributed by atoms with Gasteiger partial charge in [0.1, 0.15) is 0 Å². The maximum absolute atomic E-state index is 12.2. The molecule has 2 fully saturated rings. The summed E-state index contributed by atoms with van der Waals surface area (Å²) in [5, 5.41) is 12.3. The average molecular weight is 556 g/mol. The predicted molar refractivity (Wildman–Crippen MR) is 150 cm³/mol. The van der Waals surface area contributed by atoms with E-state index >= 15 is 0 Å². The molecule has 3 heterocycles. The number of aryl methyl sites for hydroxylation is 1. The molecule has 10 nitrogen and oxygen atoms in total. The summed E-state index contributed by atoms with van der Waals surface area (Å²) in [5.74, 6) is 0.303. The van der Waals surface area contributed by atoms with Crippen molar-refractivity contribution in [1.82, 2.24) is 20.1 Å². The van der Waals surface area contributed by atoms with Crippen molar-refractivity contribution in [3.05, 3.63) is 35.7 Å². The van der Waals surface area contributed by atoms with Crippen LogP contribution in [0.25, 0.3) is 22.2 Å². The Morgan fingerprint density at radius 2 is 1.97 bits per heavy atom. The predicted octanol–water partition coefficient (Wildman–Crippen LogP) is 3.95. The number of carbonyl (C=O) groups is 1. The Bertz CT molecular complexity index is 1460. The summed E-state index contributed by atoms with van der Waals surface area (Å²) in [6.45, 7) is 5.96. The monoisotopic (exact) mass is 555 g/mol. The van der Waals surface area contributed by atoms with E-state index in [4.69, 9.17) is 19.6 Å². The summed E-state index contributed by atoms with van der Waals surface area (Å²) in [5.41, 5.74) is 5.20. The molecule has 210 valence electrons. The Morgan fingerprint density at radius 1 is 1.18 bits per heavy atom. The Kier molecular flexibility index (Phi) is 8.20. The number of benzene rings is 1. The molecule has 2 N–H and O–H groups in total. The Balaban J connectivity index is 1.52. The third kappa shape index (κ3) is 6.26. The molecule has 2 aromatic heterocycles. The molecule has 0 bridgehead atoms. The topological polar surface area (TPSA) is 124 Å². The summed E-state index contributed by atoms with van der Waals surface area (Å²) in [6, 6.07) is 5.41. The molecule has 39 heavy (non-hydrogen) atoms. The molecule has 1 aromatic carbocycles. The molecule has 1 amide bonds. The quantitative estimate of drug-likeness (QED) is 0.341. The molecule has 1 saturated heterocycles. The van der Waals surface area contributed by atoms with Gasteiger partial charge in [-0.15, -0.1) is 0 Å². The van der Waals surface area contributed by atoms with E-state index in [0.29, 0.717) is 49.3 Å². The normalized spacial score (nSPS) is 17.9. The van der Waals surface area contributed by atoms with Gasteiger partial charge in [-0.2, -0.15) is 5.10 Å². The van der Waals surface area contributed by atoms with Crippen LogP contribution in [0.3, 0.4) is 0 Å². The van der Waals surface area contributed by atoms with Gasteiger partial charge in [0.15, 0.2) is 16.1 Å². The van der Waals surface area contributed by atoms with Crippen LogP contribution < -0.4 is 10.6 Å². The van der Waals surface area contributed by atoms with E-state index in [1.807, 2.05) is 29.9 Å². The number of fused-ring (bicyclic) bond motifs is 1. The van der Waals surface area contributed by atoms with E-state index in [9.17, 15) is 13.2 Å². The van der Waals surface area contributed by atoms with E-state index in [-0.39, 0.29) is 12.1 Å². The van der Waals surface area contributed by atoms with Gasteiger partial charge in [-0.1, -0.05) is 6.07 Å². The Morgan fingerprint density at radius 3 is 2.64 bits per heavy atom. The zero-order valence-electron chi connectivity index (χ0n) is 22.8. The van der Waals surface area contributed by atoms with E-state index in [2.05, 4.69) is 10.6 Å². The van der Waals surface area contributed by atoms with E-state index < -0.39 is 9.84 Å². The van der Waals surface area contributed by atoms with E-state index in [0.717, 1.165) is 65.6 Å². The first-order valence-corrected chi connectivity index (χ1v) is 15.5. The van der Waals surface area contributed by atoms with Crippen LogP contribution in [0.1, 0.15) is 62.4 Å². The molecule has 0 spiro atoms. The first-order chi connectivity index (χ1) is 18.7. The number of anilines is 1. The number of rotatable bonds is 11. The highest BCUT2D eigenvalue weighted by molar-refractivity contribution is 7.90. The second kappa shape index (κ2) is 11.6. The maximum Gasteiger partial charge on any atom is 0.216 e. The minimum Gasteiger partial charge on any atom is -0.380 e. The lowest BCUT2D eigenvalue weighted by Crippen LogP contribution is -2.25. The molecule has 2 aliphatic rings. The van der Waals surface area contributed by atoms with Crippen LogP contribution >= 0.6 is 0 Å². The molecule has 1 aliphatic carbocycles. The van der Waals surface area contributed by atoms with Crippen molar-refractivity contribution < 1.29 is 22.7 Å². The van der Waals surface area contributed by atoms with Crippen LogP contribution in [0.4, 0.5) is 5.69 Å². The number of nitrogens with zero attached hydrogens (tertiary/aromatic N) is 3. The third-order valence-corrected chi connectivity index (χ3v) is 8.43. The van der Waals surface area contributed by atoms with Crippen LogP contribution in [0.15, 0.2) is 29.3 Å². The standard InChI is InChI=1S/C28H37N5O5S/c1-18-16-21(9-10-23(18)39(3,35)36)26-25-27(20-7-8-20)32-33(24-6-4-5-13-38-24)28(25)22(17-31-26)30-12-15-37-14-11-29-19(2)34/h9-10,16-17,20,24,30H,4-8,11-15H2,1-3H3,(H,29,34). The fourth-order valence-corrected chi connectivity index (χ4v) is 6.14. The van der Waals surface area contributed by atoms with Crippen LogP contribution in [0.2, 0.25) is 0 Å². The Hall–Kier alpha value is -3.02. The van der Waals surface area contributed by atoms with Gasteiger partial charge >= 0.3 is 0 Å². The van der Waals surface area contributed by atoms with Gasteiger partial charge < -0.3 is 20.1 Å². The van der Waals surface area contributed by atoms with Crippen LogP contribution in [-0.4, -0.2) is 68.3 Å². The SMILES string of the molecule is CC(=O)NCCOCCNc1cnc(-c2ccc(S(C)(=O)=O)c(C)c2)c2c(C3CC3)nn(C3CCCCO3)c12. The van der Waals surface area contributed by atoms with Gasteiger partial charge in [0.2, 0.25) is 5.91 Å². The van der Waals surface area contributed by atoms with Crippen molar-refractivity contribution in [3.63, 3.8) is 0 Å². The molecule has 3 aromatic rings. The molecular weight excluding hydrogens is 518 g/mol. The number of nitrogens with one attached hydrogen (secondary N) is 2. The molecule has 5 rings (SSSR count). The summed E-state index contributed by atoms with van der Waals surface area (Å²) < 4.78 is 38.3. The van der Waals surface area contributed by atoms with Gasteiger partial charge in [-0.25, -0.2) is 13.1 Å². The maximum atomic E-state index is 12.2. The number of hydrogen-bond acceptors (Lipinski definition) is 8. The molecule has 0 radical (unpaired) electrons. The Labute approximate surface area is 229 Å². The van der Waals surface area contributed by atoms with Crippen molar-refractivity contribution in [3.8, 4) is 11.3 Å². The number of aromatic nitrogens is 3. The molecule has 1 atom stereocenters. The van der Waals surface area contributed by atoms with Crippen LogP contribution in [-0.2, 0) is 24.1 Å². The third-order valence-electron chi connectivity index (χ3n) is 7.17. The number of carbonyl (C=O) groups excluding carboxylic acids is 1. The number of hydrogen-bond donors (Lipinski definition) is 2. The fourth-order valence-electron chi connectivity index (χ4n) is 5.19. The fraction of sp³-hybridized carbons (Fsp3) is 0.536.